The topological polar surface area (TPSA) is 83.4 Å². The smallest absolute Gasteiger partial charge is 0.291 e. The van der Waals surface area contributed by atoms with Crippen molar-refractivity contribution in [2.45, 2.75) is 13.3 Å². The van der Waals surface area contributed by atoms with Gasteiger partial charge >= 0.3 is 0 Å². The Kier molecular flexibility index (Phi) is 6.18. The van der Waals surface area contributed by atoms with E-state index in [4.69, 9.17) is 16.6 Å². The van der Waals surface area contributed by atoms with Crippen LogP contribution in [-0.2, 0) is 11.2 Å². The van der Waals surface area contributed by atoms with E-state index in [1.54, 1.807) is 24.3 Å². The van der Waals surface area contributed by atoms with Gasteiger partial charge in [-0.1, -0.05) is 36.4 Å². The molecule has 0 bridgehead atoms. The molecular weight excluding hydrogens is 374 g/mol. The van der Waals surface area contributed by atoms with E-state index in [1.807, 2.05) is 43.3 Å². The molecule has 3 aromatic rings. The van der Waals surface area contributed by atoms with Gasteiger partial charge in [-0.15, -0.1) is 0 Å². The molecule has 0 atom stereocenters. The Labute approximate surface area is 167 Å². The molecule has 142 valence electrons. The van der Waals surface area contributed by atoms with E-state index >= 15 is 0 Å². The lowest BCUT2D eigenvalue weighted by Crippen LogP contribution is -2.35. The molecule has 2 amide bonds. The van der Waals surface area contributed by atoms with Crippen LogP contribution in [0, 0.1) is 6.92 Å². The molecule has 0 aliphatic carbocycles. The number of anilines is 2. The second-order valence-electron chi connectivity index (χ2n) is 6.13. The fourth-order valence-electron chi connectivity index (χ4n) is 2.54. The number of nitrogens with one attached hydrogen (secondary N) is 3. The van der Waals surface area contributed by atoms with E-state index in [0.717, 1.165) is 11.1 Å². The van der Waals surface area contributed by atoms with Crippen molar-refractivity contribution in [2.75, 3.05) is 10.6 Å². The highest BCUT2D eigenvalue weighted by Crippen LogP contribution is 2.21. The Hall–Kier alpha value is -3.45. The molecule has 0 unspecified atom stereocenters. The molecule has 0 radical (unpaired) electrons. The van der Waals surface area contributed by atoms with E-state index in [9.17, 15) is 9.59 Å². The Balaban J connectivity index is 1.60. The highest BCUT2D eigenvalue weighted by atomic mass is 32.1. The van der Waals surface area contributed by atoms with Gasteiger partial charge in [0.05, 0.1) is 12.7 Å². The van der Waals surface area contributed by atoms with E-state index in [0.29, 0.717) is 11.4 Å². The van der Waals surface area contributed by atoms with Gasteiger partial charge in [0.15, 0.2) is 10.9 Å². The predicted octanol–water partition coefficient (Wildman–Crippen LogP) is 3.90. The first-order valence-corrected chi connectivity index (χ1v) is 9.02. The molecule has 28 heavy (non-hydrogen) atoms. The van der Waals surface area contributed by atoms with Gasteiger partial charge in [-0.25, -0.2) is 0 Å². The molecule has 0 saturated heterocycles. The summed E-state index contributed by atoms with van der Waals surface area (Å²) >= 11 is 5.24. The molecule has 1 heterocycles. The zero-order valence-corrected chi connectivity index (χ0v) is 16.0. The molecule has 0 fully saturated rings. The van der Waals surface area contributed by atoms with Gasteiger partial charge < -0.3 is 20.4 Å². The lowest BCUT2D eigenvalue weighted by atomic mass is 10.1. The number of benzene rings is 2. The van der Waals surface area contributed by atoms with Crippen LogP contribution in [0.15, 0.2) is 71.3 Å². The average molecular weight is 393 g/mol. The van der Waals surface area contributed by atoms with E-state index < -0.39 is 0 Å². The third-order valence-electron chi connectivity index (χ3n) is 3.95. The summed E-state index contributed by atoms with van der Waals surface area (Å²) in [5.74, 6) is -0.332. The van der Waals surface area contributed by atoms with Crippen molar-refractivity contribution in [3.8, 4) is 0 Å². The summed E-state index contributed by atoms with van der Waals surface area (Å²) in [5, 5.41) is 8.61. The fourth-order valence-corrected chi connectivity index (χ4v) is 2.76. The molecule has 0 spiro atoms. The maximum Gasteiger partial charge on any atom is 0.291 e. The number of carbonyl (C=O) groups excluding carboxylic acids is 2. The van der Waals surface area contributed by atoms with Crippen LogP contribution in [0.3, 0.4) is 0 Å². The normalized spacial score (nSPS) is 10.2. The summed E-state index contributed by atoms with van der Waals surface area (Å²) in [6, 6.07) is 18.0. The average Bonchev–Trinajstić information content (AvgIpc) is 3.20. The van der Waals surface area contributed by atoms with Crippen LogP contribution >= 0.6 is 12.2 Å². The van der Waals surface area contributed by atoms with Gasteiger partial charge in [0.1, 0.15) is 0 Å². The largest absolute Gasteiger partial charge is 0.459 e. The molecule has 3 N–H and O–H groups in total. The third-order valence-corrected chi connectivity index (χ3v) is 4.15. The summed E-state index contributed by atoms with van der Waals surface area (Å²) in [6.07, 6.45) is 1.68. The van der Waals surface area contributed by atoms with Crippen LogP contribution in [-0.4, -0.2) is 16.9 Å². The molecular formula is C21H19N3O3S. The van der Waals surface area contributed by atoms with Crippen LogP contribution in [0.4, 0.5) is 11.4 Å². The van der Waals surface area contributed by atoms with Crippen molar-refractivity contribution >= 4 is 40.5 Å². The number of hydrogen-bond acceptors (Lipinski definition) is 4. The predicted molar refractivity (Wildman–Crippen MR) is 112 cm³/mol. The number of carbonyl (C=O) groups is 2. The maximum atomic E-state index is 12.1. The molecule has 6 nitrogen and oxygen atoms in total. The van der Waals surface area contributed by atoms with E-state index in [1.165, 1.54) is 6.26 Å². The number of hydrogen-bond donors (Lipinski definition) is 3. The minimum Gasteiger partial charge on any atom is -0.459 e. The minimum absolute atomic E-state index is 0.193. The van der Waals surface area contributed by atoms with Crippen molar-refractivity contribution in [3.63, 3.8) is 0 Å². The van der Waals surface area contributed by atoms with Crippen LogP contribution in [0.5, 0.6) is 0 Å². The number of amides is 2. The van der Waals surface area contributed by atoms with Crippen LogP contribution in [0.2, 0.25) is 0 Å². The quantitative estimate of drug-likeness (QED) is 0.573. The lowest BCUT2D eigenvalue weighted by Gasteiger charge is -2.13. The summed E-state index contributed by atoms with van der Waals surface area (Å²) in [7, 11) is 0. The van der Waals surface area contributed by atoms with Gasteiger partial charge in [0.25, 0.3) is 5.91 Å². The first-order chi connectivity index (χ1) is 13.5. The Morgan fingerprint density at radius 1 is 1.00 bits per heavy atom. The highest BCUT2D eigenvalue weighted by Gasteiger charge is 2.11. The minimum atomic E-state index is -0.349. The van der Waals surface area contributed by atoms with Gasteiger partial charge in [0.2, 0.25) is 5.91 Å². The van der Waals surface area contributed by atoms with Crippen molar-refractivity contribution < 1.29 is 14.0 Å². The van der Waals surface area contributed by atoms with Gasteiger partial charge in [0, 0.05) is 11.4 Å². The van der Waals surface area contributed by atoms with Crippen molar-refractivity contribution in [3.05, 3.63) is 83.8 Å². The van der Waals surface area contributed by atoms with Gasteiger partial charge in [-0.05, 0) is 54.5 Å². The van der Waals surface area contributed by atoms with Crippen LogP contribution < -0.4 is 16.0 Å². The van der Waals surface area contributed by atoms with Crippen LogP contribution in [0.25, 0.3) is 0 Å². The highest BCUT2D eigenvalue weighted by molar-refractivity contribution is 7.80. The van der Waals surface area contributed by atoms with E-state index in [-0.39, 0.29) is 29.1 Å². The third kappa shape index (κ3) is 5.28. The SMILES string of the molecule is Cc1ccc(NC(=O)c2ccco2)cc1NC(=S)NC(=O)Cc1ccccc1. The number of aryl methyl sites for hydroxylation is 1. The second-order valence-corrected chi connectivity index (χ2v) is 6.53. The summed E-state index contributed by atoms with van der Waals surface area (Å²) in [4.78, 5) is 24.2. The summed E-state index contributed by atoms with van der Waals surface area (Å²) in [6.45, 7) is 1.90. The lowest BCUT2D eigenvalue weighted by molar-refractivity contribution is -0.119. The van der Waals surface area contributed by atoms with Gasteiger partial charge in [-0.2, -0.15) is 0 Å². The number of thiocarbonyl (C=S) groups is 1. The van der Waals surface area contributed by atoms with Crippen molar-refractivity contribution in [1.29, 1.82) is 0 Å². The molecule has 0 aliphatic rings. The Bertz CT molecular complexity index is 985. The van der Waals surface area contributed by atoms with E-state index in [2.05, 4.69) is 16.0 Å². The summed E-state index contributed by atoms with van der Waals surface area (Å²) in [5.41, 5.74) is 3.08. The fraction of sp³-hybridized carbons (Fsp3) is 0.0952. The molecule has 1 aromatic heterocycles. The maximum absolute atomic E-state index is 12.1. The first-order valence-electron chi connectivity index (χ1n) is 8.61. The molecule has 3 rings (SSSR count). The van der Waals surface area contributed by atoms with Crippen molar-refractivity contribution in [2.24, 2.45) is 0 Å². The second kappa shape index (κ2) is 8.96. The zero-order valence-electron chi connectivity index (χ0n) is 15.2. The number of furan rings is 1. The number of rotatable bonds is 5. The molecule has 2 aromatic carbocycles. The van der Waals surface area contributed by atoms with Crippen molar-refractivity contribution in [1.82, 2.24) is 5.32 Å². The first kappa shape index (κ1) is 19.3. The standard InChI is InChI=1S/C21H19N3O3S/c1-14-9-10-16(22-20(26)18-8-5-11-27-18)13-17(14)23-21(28)24-19(25)12-15-6-3-2-4-7-15/h2-11,13H,12H2,1H3,(H,22,26)(H2,23,24,25,28). The van der Waals surface area contributed by atoms with Crippen LogP contribution in [0.1, 0.15) is 21.7 Å². The zero-order chi connectivity index (χ0) is 19.9. The van der Waals surface area contributed by atoms with Gasteiger partial charge in [-0.3, -0.25) is 9.59 Å². The monoisotopic (exact) mass is 393 g/mol. The summed E-state index contributed by atoms with van der Waals surface area (Å²) < 4.78 is 5.08. The molecule has 0 saturated carbocycles. The Morgan fingerprint density at radius 2 is 1.79 bits per heavy atom. The Morgan fingerprint density at radius 3 is 2.50 bits per heavy atom. The molecule has 7 heteroatoms. The molecule has 0 aliphatic heterocycles.